The Balaban J connectivity index is 2.08. The number of hydrogen-bond acceptors (Lipinski definition) is 1. The van der Waals surface area contributed by atoms with E-state index in [9.17, 15) is 0 Å². The fourth-order valence-corrected chi connectivity index (χ4v) is 3.01. The van der Waals surface area contributed by atoms with Crippen molar-refractivity contribution < 1.29 is 0 Å². The summed E-state index contributed by atoms with van der Waals surface area (Å²) >= 11 is 3.67. The smallest absolute Gasteiger partial charge is 0.0624 e. The molecule has 0 saturated carbocycles. The lowest BCUT2D eigenvalue weighted by atomic mass is 9.96. The highest BCUT2D eigenvalue weighted by Gasteiger charge is 2.13. The highest BCUT2D eigenvalue weighted by molar-refractivity contribution is 9.09. The Labute approximate surface area is 130 Å². The first-order chi connectivity index (χ1) is 9.76. The van der Waals surface area contributed by atoms with Crippen LogP contribution in [0.5, 0.6) is 0 Å². The summed E-state index contributed by atoms with van der Waals surface area (Å²) in [6.07, 6.45) is 3.21. The summed E-state index contributed by atoms with van der Waals surface area (Å²) in [5.41, 5.74) is 3.98. The SMILES string of the molecule is CCc1cc(CC(CBr)Cc2ccccc2)n(CC)n1. The summed E-state index contributed by atoms with van der Waals surface area (Å²) < 4.78 is 2.15. The van der Waals surface area contributed by atoms with Gasteiger partial charge in [0.1, 0.15) is 0 Å². The molecule has 0 N–H and O–H groups in total. The summed E-state index contributed by atoms with van der Waals surface area (Å²) in [5.74, 6) is 0.615. The monoisotopic (exact) mass is 334 g/mol. The minimum Gasteiger partial charge on any atom is -0.270 e. The highest BCUT2D eigenvalue weighted by atomic mass is 79.9. The molecule has 0 aliphatic carbocycles. The maximum absolute atomic E-state index is 4.64. The number of alkyl halides is 1. The Morgan fingerprint density at radius 2 is 1.90 bits per heavy atom. The highest BCUT2D eigenvalue weighted by Crippen LogP contribution is 2.18. The lowest BCUT2D eigenvalue weighted by Crippen LogP contribution is -2.13. The van der Waals surface area contributed by atoms with Gasteiger partial charge in [0, 0.05) is 17.6 Å². The van der Waals surface area contributed by atoms with Crippen molar-refractivity contribution in [3.8, 4) is 0 Å². The number of nitrogens with zero attached hydrogens (tertiary/aromatic N) is 2. The van der Waals surface area contributed by atoms with Crippen molar-refractivity contribution in [3.05, 3.63) is 53.3 Å². The predicted molar refractivity (Wildman–Crippen MR) is 88.4 cm³/mol. The average molecular weight is 335 g/mol. The van der Waals surface area contributed by atoms with Gasteiger partial charge in [-0.3, -0.25) is 4.68 Å². The Bertz CT molecular complexity index is 519. The number of rotatable bonds is 7. The number of halogens is 1. The molecule has 0 spiro atoms. The second-order valence-corrected chi connectivity index (χ2v) is 5.86. The first kappa shape index (κ1) is 15.3. The standard InChI is InChI=1S/C17H23BrN2/c1-3-16-12-17(20(4-2)19-16)11-15(13-18)10-14-8-6-5-7-9-14/h5-9,12,15H,3-4,10-11,13H2,1-2H3. The molecule has 1 atom stereocenters. The number of aromatic nitrogens is 2. The predicted octanol–water partition coefficient (Wildman–Crippen LogP) is 4.26. The van der Waals surface area contributed by atoms with Gasteiger partial charge < -0.3 is 0 Å². The van der Waals surface area contributed by atoms with Crippen LogP contribution in [-0.4, -0.2) is 15.1 Å². The largest absolute Gasteiger partial charge is 0.270 e. The van der Waals surface area contributed by atoms with Gasteiger partial charge in [-0.25, -0.2) is 0 Å². The Morgan fingerprint density at radius 1 is 1.15 bits per heavy atom. The van der Waals surface area contributed by atoms with Gasteiger partial charge in [0.2, 0.25) is 0 Å². The summed E-state index contributed by atoms with van der Waals surface area (Å²) in [6.45, 7) is 5.28. The zero-order valence-corrected chi connectivity index (χ0v) is 13.9. The van der Waals surface area contributed by atoms with E-state index in [0.29, 0.717) is 5.92 Å². The zero-order valence-electron chi connectivity index (χ0n) is 12.3. The summed E-state index contributed by atoms with van der Waals surface area (Å²) in [4.78, 5) is 0. The molecule has 0 fully saturated rings. The molecule has 2 aromatic rings. The second kappa shape index (κ2) is 7.63. The van der Waals surface area contributed by atoms with Crippen LogP contribution in [0.3, 0.4) is 0 Å². The number of benzene rings is 1. The van der Waals surface area contributed by atoms with Gasteiger partial charge >= 0.3 is 0 Å². The first-order valence-electron chi connectivity index (χ1n) is 7.42. The minimum absolute atomic E-state index is 0.615. The molecule has 108 valence electrons. The van der Waals surface area contributed by atoms with E-state index in [1.807, 2.05) is 0 Å². The van der Waals surface area contributed by atoms with Gasteiger partial charge in [-0.15, -0.1) is 0 Å². The Morgan fingerprint density at radius 3 is 2.50 bits per heavy atom. The van der Waals surface area contributed by atoms with Crippen LogP contribution in [0.4, 0.5) is 0 Å². The fraction of sp³-hybridized carbons (Fsp3) is 0.471. The molecule has 2 nitrogen and oxygen atoms in total. The molecule has 0 bridgehead atoms. The molecule has 1 aromatic carbocycles. The maximum Gasteiger partial charge on any atom is 0.0624 e. The Kier molecular flexibility index (Phi) is 5.84. The third-order valence-corrected chi connectivity index (χ3v) is 4.57. The quantitative estimate of drug-likeness (QED) is 0.691. The van der Waals surface area contributed by atoms with Gasteiger partial charge in [0.25, 0.3) is 0 Å². The normalized spacial score (nSPS) is 12.6. The topological polar surface area (TPSA) is 17.8 Å². The summed E-state index contributed by atoms with van der Waals surface area (Å²) in [5, 5.41) is 5.67. The van der Waals surface area contributed by atoms with Crippen LogP contribution in [0, 0.1) is 5.92 Å². The van der Waals surface area contributed by atoms with Gasteiger partial charge in [0.15, 0.2) is 0 Å². The van der Waals surface area contributed by atoms with Crippen molar-refractivity contribution in [1.29, 1.82) is 0 Å². The van der Waals surface area contributed by atoms with Crippen molar-refractivity contribution in [1.82, 2.24) is 9.78 Å². The molecule has 20 heavy (non-hydrogen) atoms. The van der Waals surface area contributed by atoms with Crippen molar-refractivity contribution in [2.75, 3.05) is 5.33 Å². The van der Waals surface area contributed by atoms with E-state index < -0.39 is 0 Å². The van der Waals surface area contributed by atoms with Crippen LogP contribution in [0.1, 0.15) is 30.8 Å². The molecule has 0 radical (unpaired) electrons. The van der Waals surface area contributed by atoms with Crippen LogP contribution in [0.15, 0.2) is 36.4 Å². The third-order valence-electron chi connectivity index (χ3n) is 3.66. The van der Waals surface area contributed by atoms with Gasteiger partial charge in [-0.2, -0.15) is 5.10 Å². The van der Waals surface area contributed by atoms with Gasteiger partial charge in [0.05, 0.1) is 5.69 Å². The van der Waals surface area contributed by atoms with Crippen molar-refractivity contribution >= 4 is 15.9 Å². The fourth-order valence-electron chi connectivity index (χ4n) is 2.55. The lowest BCUT2D eigenvalue weighted by Gasteiger charge is -2.14. The van der Waals surface area contributed by atoms with Crippen molar-refractivity contribution in [3.63, 3.8) is 0 Å². The van der Waals surface area contributed by atoms with E-state index in [1.165, 1.54) is 17.0 Å². The molecule has 1 aromatic heterocycles. The lowest BCUT2D eigenvalue weighted by molar-refractivity contribution is 0.535. The molecule has 0 aliphatic heterocycles. The van der Waals surface area contributed by atoms with Crippen LogP contribution < -0.4 is 0 Å². The first-order valence-corrected chi connectivity index (χ1v) is 8.54. The van der Waals surface area contributed by atoms with Crippen LogP contribution >= 0.6 is 15.9 Å². The molecule has 1 heterocycles. The third kappa shape index (κ3) is 3.95. The van der Waals surface area contributed by atoms with E-state index >= 15 is 0 Å². The second-order valence-electron chi connectivity index (χ2n) is 5.21. The molecule has 0 amide bonds. The van der Waals surface area contributed by atoms with E-state index in [2.05, 4.69) is 76.0 Å². The molecular weight excluding hydrogens is 312 g/mol. The minimum atomic E-state index is 0.615. The molecule has 0 saturated heterocycles. The van der Waals surface area contributed by atoms with Crippen molar-refractivity contribution in [2.45, 2.75) is 39.7 Å². The molecule has 0 aliphatic rings. The van der Waals surface area contributed by atoms with Crippen LogP contribution in [0.2, 0.25) is 0 Å². The van der Waals surface area contributed by atoms with E-state index in [-0.39, 0.29) is 0 Å². The van der Waals surface area contributed by atoms with Crippen LogP contribution in [0.25, 0.3) is 0 Å². The van der Waals surface area contributed by atoms with E-state index in [1.54, 1.807) is 0 Å². The van der Waals surface area contributed by atoms with Crippen LogP contribution in [-0.2, 0) is 25.8 Å². The molecule has 2 rings (SSSR count). The maximum atomic E-state index is 4.64. The van der Waals surface area contributed by atoms with Gasteiger partial charge in [-0.1, -0.05) is 53.2 Å². The van der Waals surface area contributed by atoms with Gasteiger partial charge in [-0.05, 0) is 43.7 Å². The molecular formula is C17H23BrN2. The van der Waals surface area contributed by atoms with Crippen molar-refractivity contribution in [2.24, 2.45) is 5.92 Å². The number of hydrogen-bond donors (Lipinski definition) is 0. The van der Waals surface area contributed by atoms with E-state index in [4.69, 9.17) is 0 Å². The number of aryl methyl sites for hydroxylation is 2. The summed E-state index contributed by atoms with van der Waals surface area (Å²) in [6, 6.07) is 13.0. The zero-order chi connectivity index (χ0) is 14.4. The summed E-state index contributed by atoms with van der Waals surface area (Å²) in [7, 11) is 0. The molecule has 1 unspecified atom stereocenters. The average Bonchev–Trinajstić information content (AvgIpc) is 2.89. The van der Waals surface area contributed by atoms with E-state index in [0.717, 1.165) is 31.1 Å². The Hall–Kier alpha value is -1.09. The molecule has 3 heteroatoms.